The predicted molar refractivity (Wildman–Crippen MR) is 71.7 cm³/mol. The molecule has 18 heavy (non-hydrogen) atoms. The van der Waals surface area contributed by atoms with Crippen LogP contribution in [-0.2, 0) is 12.8 Å². The van der Waals surface area contributed by atoms with E-state index in [9.17, 15) is 4.79 Å². The third kappa shape index (κ3) is 1.61. The fourth-order valence-electron chi connectivity index (χ4n) is 2.80. The van der Waals surface area contributed by atoms with Crippen LogP contribution in [0.4, 0.5) is 0 Å². The van der Waals surface area contributed by atoms with Crippen molar-refractivity contribution in [2.75, 3.05) is 6.98 Å². The topological polar surface area (TPSA) is 70.9 Å². The lowest BCUT2D eigenvalue weighted by molar-refractivity contribution is 0.100. The maximum absolute atomic E-state index is 11.6. The molecule has 4 nitrogen and oxygen atoms in total. The number of carbonyl (C=O) groups is 1. The Bertz CT molecular complexity index is 705. The van der Waals surface area contributed by atoms with Crippen LogP contribution in [0.3, 0.4) is 0 Å². The van der Waals surface area contributed by atoms with Gasteiger partial charge in [0.1, 0.15) is 0 Å². The van der Waals surface area contributed by atoms with E-state index in [0.29, 0.717) is 12.0 Å². The second-order valence-corrected chi connectivity index (χ2v) is 4.76. The number of nitrogens with two attached hydrogens (primary N) is 1. The van der Waals surface area contributed by atoms with Crippen LogP contribution in [0.1, 0.15) is 32.1 Å². The van der Waals surface area contributed by atoms with Crippen molar-refractivity contribution in [3.63, 3.8) is 0 Å². The zero-order chi connectivity index (χ0) is 15.2. The molecule has 1 aromatic heterocycles. The summed E-state index contributed by atoms with van der Waals surface area (Å²) in [4.78, 5) is 14.9. The van der Waals surface area contributed by atoms with Crippen LogP contribution in [0.15, 0.2) is 18.2 Å². The number of H-pyrrole nitrogens is 1. The monoisotopic (exact) mass is 246 g/mol. The summed E-state index contributed by atoms with van der Waals surface area (Å²) in [7, 11) is 0. The molecule has 1 heterocycles. The van der Waals surface area contributed by atoms with Gasteiger partial charge in [-0.3, -0.25) is 4.79 Å². The molecule has 94 valence electrons. The summed E-state index contributed by atoms with van der Waals surface area (Å²) in [5.74, 6) is -0.465. The summed E-state index contributed by atoms with van der Waals surface area (Å²) >= 11 is 0. The maximum atomic E-state index is 11.6. The SMILES string of the molecule is [2H]C([2H])([2H])NC1CCc2[nH]c3cccc(C(N)=O)c3c2C1. The van der Waals surface area contributed by atoms with Gasteiger partial charge in [0, 0.05) is 32.3 Å². The smallest absolute Gasteiger partial charge is 0.249 e. The number of hydrogen-bond acceptors (Lipinski definition) is 2. The summed E-state index contributed by atoms with van der Waals surface area (Å²) in [5.41, 5.74) is 8.89. The maximum Gasteiger partial charge on any atom is 0.249 e. The number of benzene rings is 1. The molecule has 3 rings (SSSR count). The largest absolute Gasteiger partial charge is 0.366 e. The first-order valence-corrected chi connectivity index (χ1v) is 6.05. The van der Waals surface area contributed by atoms with Gasteiger partial charge in [-0.05, 0) is 43.9 Å². The van der Waals surface area contributed by atoms with Gasteiger partial charge in [-0.25, -0.2) is 0 Å². The van der Waals surface area contributed by atoms with Crippen LogP contribution < -0.4 is 11.1 Å². The number of likely N-dealkylation sites (N-methyl/N-ethyl adjacent to an activating group) is 1. The molecular weight excluding hydrogens is 226 g/mol. The Morgan fingerprint density at radius 2 is 2.50 bits per heavy atom. The van der Waals surface area contributed by atoms with Crippen LogP contribution in [-0.4, -0.2) is 23.9 Å². The van der Waals surface area contributed by atoms with E-state index >= 15 is 0 Å². The highest BCUT2D eigenvalue weighted by atomic mass is 16.1. The van der Waals surface area contributed by atoms with Crippen molar-refractivity contribution in [1.29, 1.82) is 0 Å². The first-order valence-electron chi connectivity index (χ1n) is 7.55. The number of primary amides is 1. The average Bonchev–Trinajstić information content (AvgIpc) is 2.74. The molecular formula is C14H17N3O. The number of carbonyl (C=O) groups excluding carboxylic acids is 1. The zero-order valence-corrected chi connectivity index (χ0v) is 9.92. The van der Waals surface area contributed by atoms with Gasteiger partial charge in [-0.1, -0.05) is 6.07 Å². The standard InChI is InChI=1S/C14H17N3O/c1-16-8-5-6-11-10(7-8)13-9(14(15)18)3-2-4-12(13)17-11/h2-4,8,16-17H,5-7H2,1H3,(H2,15,18)/i1D3. The van der Waals surface area contributed by atoms with E-state index < -0.39 is 12.9 Å². The molecule has 0 saturated heterocycles. The number of rotatable bonds is 2. The van der Waals surface area contributed by atoms with E-state index in [2.05, 4.69) is 10.3 Å². The third-order valence-electron chi connectivity index (χ3n) is 3.68. The molecule has 0 fully saturated rings. The lowest BCUT2D eigenvalue weighted by Gasteiger charge is -2.22. The molecule has 1 aromatic carbocycles. The van der Waals surface area contributed by atoms with Crippen molar-refractivity contribution in [2.24, 2.45) is 5.73 Å². The van der Waals surface area contributed by atoms with E-state index in [4.69, 9.17) is 9.85 Å². The van der Waals surface area contributed by atoms with Gasteiger partial charge in [0.05, 0.1) is 0 Å². The molecule has 4 heteroatoms. The molecule has 0 aliphatic heterocycles. The first-order chi connectivity index (χ1) is 9.85. The normalized spacial score (nSPS) is 22.0. The number of nitrogens with one attached hydrogen (secondary N) is 2. The molecule has 0 spiro atoms. The van der Waals surface area contributed by atoms with Gasteiger partial charge in [0.15, 0.2) is 0 Å². The molecule has 1 atom stereocenters. The van der Waals surface area contributed by atoms with Crippen molar-refractivity contribution in [2.45, 2.75) is 25.3 Å². The molecule has 1 unspecified atom stereocenters. The third-order valence-corrected chi connectivity index (χ3v) is 3.68. The molecule has 1 amide bonds. The minimum absolute atomic E-state index is 0.120. The molecule has 1 aliphatic carbocycles. The Balaban J connectivity index is 2.04. The van der Waals surface area contributed by atoms with E-state index in [-0.39, 0.29) is 6.04 Å². The number of hydrogen-bond donors (Lipinski definition) is 3. The Morgan fingerprint density at radius 3 is 3.28 bits per heavy atom. The molecule has 4 N–H and O–H groups in total. The predicted octanol–water partition coefficient (Wildman–Crippen LogP) is 1.34. The van der Waals surface area contributed by atoms with Gasteiger partial charge in [0.2, 0.25) is 5.91 Å². The van der Waals surface area contributed by atoms with Crippen molar-refractivity contribution in [3.8, 4) is 0 Å². The highest BCUT2D eigenvalue weighted by Gasteiger charge is 2.23. The van der Waals surface area contributed by atoms with E-state index in [1.807, 2.05) is 6.07 Å². The van der Waals surface area contributed by atoms with Gasteiger partial charge in [0.25, 0.3) is 0 Å². The lowest BCUT2D eigenvalue weighted by atomic mass is 9.90. The summed E-state index contributed by atoms with van der Waals surface area (Å²) in [6.07, 6.45) is 2.10. The second kappa shape index (κ2) is 4.14. The van der Waals surface area contributed by atoms with Gasteiger partial charge in [-0.2, -0.15) is 0 Å². The Morgan fingerprint density at radius 1 is 1.61 bits per heavy atom. The Labute approximate surface area is 110 Å². The van der Waals surface area contributed by atoms with Crippen LogP contribution in [0, 0.1) is 0 Å². The van der Waals surface area contributed by atoms with Gasteiger partial charge >= 0.3 is 0 Å². The quantitative estimate of drug-likeness (QED) is 0.748. The zero-order valence-electron chi connectivity index (χ0n) is 12.9. The number of fused-ring (bicyclic) bond motifs is 3. The molecule has 0 bridgehead atoms. The first kappa shape index (κ1) is 8.32. The fourth-order valence-corrected chi connectivity index (χ4v) is 2.80. The fraction of sp³-hybridized carbons (Fsp3) is 0.357. The summed E-state index contributed by atoms with van der Waals surface area (Å²) < 4.78 is 22.0. The van der Waals surface area contributed by atoms with E-state index in [1.54, 1.807) is 12.1 Å². The van der Waals surface area contributed by atoms with Crippen molar-refractivity contribution >= 4 is 16.8 Å². The summed E-state index contributed by atoms with van der Waals surface area (Å²) in [6, 6.07) is 5.29. The van der Waals surface area contributed by atoms with Crippen LogP contribution >= 0.6 is 0 Å². The van der Waals surface area contributed by atoms with Crippen LogP contribution in [0.2, 0.25) is 0 Å². The summed E-state index contributed by atoms with van der Waals surface area (Å²) in [5, 5.41) is 3.50. The molecule has 0 radical (unpaired) electrons. The number of aromatic nitrogens is 1. The lowest BCUT2D eigenvalue weighted by Crippen LogP contribution is -2.31. The Kier molecular flexibility index (Phi) is 1.91. The van der Waals surface area contributed by atoms with Crippen molar-refractivity contribution in [1.82, 2.24) is 10.3 Å². The highest BCUT2D eigenvalue weighted by molar-refractivity contribution is 6.07. The minimum atomic E-state index is -2.15. The van der Waals surface area contributed by atoms with E-state index in [1.165, 1.54) is 0 Å². The van der Waals surface area contributed by atoms with Crippen molar-refractivity contribution in [3.05, 3.63) is 35.0 Å². The van der Waals surface area contributed by atoms with Crippen LogP contribution in [0.5, 0.6) is 0 Å². The minimum Gasteiger partial charge on any atom is -0.366 e. The summed E-state index contributed by atoms with van der Waals surface area (Å²) in [6.45, 7) is -2.15. The molecule has 1 aliphatic rings. The number of aryl methyl sites for hydroxylation is 1. The molecule has 2 aromatic rings. The number of amides is 1. The van der Waals surface area contributed by atoms with Crippen molar-refractivity contribution < 1.29 is 8.91 Å². The second-order valence-electron chi connectivity index (χ2n) is 4.76. The highest BCUT2D eigenvalue weighted by Crippen LogP contribution is 2.31. The van der Waals surface area contributed by atoms with Crippen LogP contribution in [0.25, 0.3) is 10.9 Å². The van der Waals surface area contributed by atoms with Gasteiger partial charge in [-0.15, -0.1) is 0 Å². The van der Waals surface area contributed by atoms with Gasteiger partial charge < -0.3 is 16.0 Å². The molecule has 0 saturated carbocycles. The van der Waals surface area contributed by atoms with E-state index in [0.717, 1.165) is 35.0 Å². The number of aromatic amines is 1. The average molecular weight is 246 g/mol. The Hall–Kier alpha value is -1.81.